The first-order valence-corrected chi connectivity index (χ1v) is 14.4. The van der Waals surface area contributed by atoms with Gasteiger partial charge in [-0.25, -0.2) is 0 Å². The molecular weight excluding hydrogens is 424 g/mol. The van der Waals surface area contributed by atoms with Crippen molar-refractivity contribution in [1.29, 1.82) is 0 Å². The van der Waals surface area contributed by atoms with Crippen LogP contribution in [0.15, 0.2) is 0 Å². The summed E-state index contributed by atoms with van der Waals surface area (Å²) < 4.78 is 11.0. The Morgan fingerprint density at radius 2 is 0.824 bits per heavy atom. The van der Waals surface area contributed by atoms with Crippen molar-refractivity contribution in [2.75, 3.05) is 13.2 Å². The van der Waals surface area contributed by atoms with Crippen molar-refractivity contribution in [2.24, 2.45) is 10.8 Å². The first-order valence-electron chi connectivity index (χ1n) is 14.4. The number of carbonyl (C=O) groups is 2. The second kappa shape index (κ2) is 20.2. The Hall–Kier alpha value is -1.06. The van der Waals surface area contributed by atoms with Crippen LogP contribution < -0.4 is 0 Å². The Labute approximate surface area is 212 Å². The second-order valence-electron chi connectivity index (χ2n) is 11.9. The molecule has 0 N–H and O–H groups in total. The lowest BCUT2D eigenvalue weighted by Crippen LogP contribution is -2.22. The van der Waals surface area contributed by atoms with Crippen LogP contribution in [0.5, 0.6) is 0 Å². The number of hydrogen-bond acceptors (Lipinski definition) is 4. The standard InChI is InChI=1S/C30H58O4/c1-7-9-11-19-23-29(3,4)25-33-27(31)21-17-15-13-14-16-18-22-28(32)34-26-30(5,6)24-20-12-10-8-2/h7-26H2,1-6H3. The van der Waals surface area contributed by atoms with Gasteiger partial charge in [-0.05, 0) is 36.5 Å². The molecule has 0 radical (unpaired) electrons. The Balaban J connectivity index is 3.64. The van der Waals surface area contributed by atoms with Gasteiger partial charge in [0.05, 0.1) is 13.2 Å². The molecule has 0 aromatic rings. The Morgan fingerprint density at radius 3 is 1.18 bits per heavy atom. The molecule has 0 atom stereocenters. The maximum absolute atomic E-state index is 12.0. The molecule has 0 bridgehead atoms. The lowest BCUT2D eigenvalue weighted by molar-refractivity contribution is -0.147. The van der Waals surface area contributed by atoms with Crippen molar-refractivity contribution in [3.63, 3.8) is 0 Å². The zero-order valence-corrected chi connectivity index (χ0v) is 23.8. The number of carbonyl (C=O) groups excluding carboxylic acids is 2. The van der Waals surface area contributed by atoms with E-state index in [2.05, 4.69) is 41.5 Å². The van der Waals surface area contributed by atoms with Crippen LogP contribution in [0.1, 0.15) is 157 Å². The second-order valence-corrected chi connectivity index (χ2v) is 11.9. The summed E-state index contributed by atoms with van der Waals surface area (Å²) in [6.45, 7) is 14.3. The molecule has 0 heterocycles. The molecule has 0 fully saturated rings. The van der Waals surface area contributed by atoms with Crippen molar-refractivity contribution in [2.45, 2.75) is 157 Å². The van der Waals surface area contributed by atoms with Gasteiger partial charge < -0.3 is 9.47 Å². The third kappa shape index (κ3) is 21.5. The molecule has 0 aliphatic rings. The van der Waals surface area contributed by atoms with Gasteiger partial charge in [-0.1, -0.05) is 119 Å². The van der Waals surface area contributed by atoms with Crippen LogP contribution in [0.4, 0.5) is 0 Å². The first-order chi connectivity index (χ1) is 16.1. The van der Waals surface area contributed by atoms with Crippen LogP contribution in [0.2, 0.25) is 0 Å². The molecular formula is C30H58O4. The quantitative estimate of drug-likeness (QED) is 0.108. The van der Waals surface area contributed by atoms with Crippen LogP contribution >= 0.6 is 0 Å². The highest BCUT2D eigenvalue weighted by molar-refractivity contribution is 5.69. The Bertz CT molecular complexity index is 464. The molecule has 0 aliphatic heterocycles. The molecule has 0 saturated heterocycles. The smallest absolute Gasteiger partial charge is 0.305 e. The monoisotopic (exact) mass is 482 g/mol. The van der Waals surface area contributed by atoms with E-state index in [0.717, 1.165) is 51.4 Å². The van der Waals surface area contributed by atoms with Gasteiger partial charge in [0.25, 0.3) is 0 Å². The predicted octanol–water partition coefficient (Wildman–Crippen LogP) is 9.19. The Kier molecular flexibility index (Phi) is 19.5. The number of rotatable bonds is 23. The van der Waals surface area contributed by atoms with Crippen LogP contribution in [0, 0.1) is 10.8 Å². The van der Waals surface area contributed by atoms with E-state index in [1.54, 1.807) is 0 Å². The first kappa shape index (κ1) is 32.9. The van der Waals surface area contributed by atoms with Crippen molar-refractivity contribution >= 4 is 11.9 Å². The molecule has 0 spiro atoms. The minimum absolute atomic E-state index is 0.0577. The van der Waals surface area contributed by atoms with Gasteiger partial charge in [-0.2, -0.15) is 0 Å². The fourth-order valence-electron chi connectivity index (χ4n) is 4.15. The van der Waals surface area contributed by atoms with Gasteiger partial charge in [0.1, 0.15) is 0 Å². The zero-order valence-electron chi connectivity index (χ0n) is 23.8. The minimum Gasteiger partial charge on any atom is -0.465 e. The fourth-order valence-corrected chi connectivity index (χ4v) is 4.15. The van der Waals surface area contributed by atoms with Crippen LogP contribution in [0.3, 0.4) is 0 Å². The summed E-state index contributed by atoms with van der Waals surface area (Å²) >= 11 is 0. The molecule has 34 heavy (non-hydrogen) atoms. The number of hydrogen-bond donors (Lipinski definition) is 0. The topological polar surface area (TPSA) is 52.6 Å². The summed E-state index contributed by atoms with van der Waals surface area (Å²) in [5.74, 6) is -0.115. The fraction of sp³-hybridized carbons (Fsp3) is 0.933. The normalized spacial score (nSPS) is 12.1. The molecule has 4 heteroatoms. The van der Waals surface area contributed by atoms with E-state index < -0.39 is 0 Å². The molecule has 202 valence electrons. The van der Waals surface area contributed by atoms with Gasteiger partial charge in [0, 0.05) is 12.8 Å². The predicted molar refractivity (Wildman–Crippen MR) is 144 cm³/mol. The molecule has 4 nitrogen and oxygen atoms in total. The van der Waals surface area contributed by atoms with Crippen LogP contribution in [-0.2, 0) is 19.1 Å². The van der Waals surface area contributed by atoms with Crippen LogP contribution in [0.25, 0.3) is 0 Å². The minimum atomic E-state index is -0.0577. The van der Waals surface area contributed by atoms with Crippen molar-refractivity contribution in [1.82, 2.24) is 0 Å². The van der Waals surface area contributed by atoms with Gasteiger partial charge in [-0.15, -0.1) is 0 Å². The summed E-state index contributed by atoms with van der Waals surface area (Å²) in [6.07, 6.45) is 19.4. The van der Waals surface area contributed by atoms with E-state index in [1.165, 1.54) is 51.4 Å². The average Bonchev–Trinajstić information content (AvgIpc) is 2.79. The highest BCUT2D eigenvalue weighted by Gasteiger charge is 2.20. The van der Waals surface area contributed by atoms with Gasteiger partial charge >= 0.3 is 11.9 Å². The lowest BCUT2D eigenvalue weighted by atomic mass is 9.88. The van der Waals surface area contributed by atoms with E-state index in [1.807, 2.05) is 0 Å². The molecule has 0 saturated carbocycles. The number of esters is 2. The number of unbranched alkanes of at least 4 members (excludes halogenated alkanes) is 11. The third-order valence-electron chi connectivity index (χ3n) is 6.67. The summed E-state index contributed by atoms with van der Waals surface area (Å²) in [4.78, 5) is 24.0. The highest BCUT2D eigenvalue weighted by Crippen LogP contribution is 2.25. The summed E-state index contributed by atoms with van der Waals surface area (Å²) in [5, 5.41) is 0. The van der Waals surface area contributed by atoms with Crippen molar-refractivity contribution in [3.8, 4) is 0 Å². The zero-order chi connectivity index (χ0) is 25.7. The SMILES string of the molecule is CCCCCCC(C)(C)COC(=O)CCCCCCCCC(=O)OCC(C)(C)CCCCCC. The van der Waals surface area contributed by atoms with E-state index in [-0.39, 0.29) is 22.8 Å². The van der Waals surface area contributed by atoms with Crippen LogP contribution in [-0.4, -0.2) is 25.2 Å². The molecule has 0 aromatic heterocycles. The molecule has 0 aromatic carbocycles. The molecule has 0 unspecified atom stereocenters. The Morgan fingerprint density at radius 1 is 0.500 bits per heavy atom. The van der Waals surface area contributed by atoms with E-state index in [0.29, 0.717) is 26.1 Å². The largest absolute Gasteiger partial charge is 0.465 e. The molecule has 0 amide bonds. The summed E-state index contributed by atoms with van der Waals surface area (Å²) in [7, 11) is 0. The lowest BCUT2D eigenvalue weighted by Gasteiger charge is -2.24. The van der Waals surface area contributed by atoms with Gasteiger partial charge in [0.15, 0.2) is 0 Å². The van der Waals surface area contributed by atoms with Gasteiger partial charge in [-0.3, -0.25) is 9.59 Å². The molecule has 0 aliphatic carbocycles. The summed E-state index contributed by atoms with van der Waals surface area (Å²) in [6, 6.07) is 0. The van der Waals surface area contributed by atoms with E-state index in [9.17, 15) is 9.59 Å². The van der Waals surface area contributed by atoms with E-state index in [4.69, 9.17) is 9.47 Å². The van der Waals surface area contributed by atoms with E-state index >= 15 is 0 Å². The van der Waals surface area contributed by atoms with Gasteiger partial charge in [0.2, 0.25) is 0 Å². The van der Waals surface area contributed by atoms with Crippen molar-refractivity contribution < 1.29 is 19.1 Å². The third-order valence-corrected chi connectivity index (χ3v) is 6.67. The average molecular weight is 483 g/mol. The number of ether oxygens (including phenoxy) is 2. The molecule has 0 rings (SSSR count). The van der Waals surface area contributed by atoms with Crippen molar-refractivity contribution in [3.05, 3.63) is 0 Å². The summed E-state index contributed by atoms with van der Waals surface area (Å²) in [5.41, 5.74) is 0.157. The maximum atomic E-state index is 12.0. The maximum Gasteiger partial charge on any atom is 0.305 e. The highest BCUT2D eigenvalue weighted by atomic mass is 16.5.